The molecule has 0 unspecified atom stereocenters. The van der Waals surface area contributed by atoms with Gasteiger partial charge in [-0.1, -0.05) is 17.7 Å². The average Bonchev–Trinajstić information content (AvgIpc) is 2.40. The summed E-state index contributed by atoms with van der Waals surface area (Å²) in [6.45, 7) is 2.07. The van der Waals surface area contributed by atoms with Crippen molar-refractivity contribution in [3.05, 3.63) is 47.4 Å². The molecular formula is C13H11ClN2O2. The van der Waals surface area contributed by atoms with E-state index in [1.165, 1.54) is 6.33 Å². The standard InChI is InChI=1S/C13H11ClN2O2/c1-2-18-13(17)11-7-9(14)3-4-10(11)12-5-6-15-8-16-12/h3-8H,2H2,1H3. The van der Waals surface area contributed by atoms with E-state index in [-0.39, 0.29) is 0 Å². The molecule has 0 radical (unpaired) electrons. The number of carbonyl (C=O) groups is 1. The van der Waals surface area contributed by atoms with Gasteiger partial charge in [-0.25, -0.2) is 14.8 Å². The Balaban J connectivity index is 2.51. The van der Waals surface area contributed by atoms with Crippen LogP contribution >= 0.6 is 11.6 Å². The lowest BCUT2D eigenvalue weighted by molar-refractivity contribution is 0.0527. The number of carbonyl (C=O) groups excluding carboxylic acids is 1. The number of aromatic nitrogens is 2. The maximum absolute atomic E-state index is 11.9. The molecule has 0 N–H and O–H groups in total. The fraction of sp³-hybridized carbons (Fsp3) is 0.154. The van der Waals surface area contributed by atoms with Crippen LogP contribution in [-0.4, -0.2) is 22.5 Å². The van der Waals surface area contributed by atoms with Crippen molar-refractivity contribution in [2.45, 2.75) is 6.92 Å². The van der Waals surface area contributed by atoms with E-state index >= 15 is 0 Å². The number of nitrogens with zero attached hydrogens (tertiary/aromatic N) is 2. The van der Waals surface area contributed by atoms with Gasteiger partial charge in [0, 0.05) is 16.8 Å². The van der Waals surface area contributed by atoms with Gasteiger partial charge in [0.15, 0.2) is 0 Å². The molecule has 0 aliphatic heterocycles. The number of esters is 1. The van der Waals surface area contributed by atoms with Crippen LogP contribution in [0.5, 0.6) is 0 Å². The van der Waals surface area contributed by atoms with E-state index in [1.807, 2.05) is 0 Å². The molecule has 4 nitrogen and oxygen atoms in total. The van der Waals surface area contributed by atoms with Crippen molar-refractivity contribution in [1.29, 1.82) is 0 Å². The third-order valence-corrected chi connectivity index (χ3v) is 2.57. The van der Waals surface area contributed by atoms with E-state index in [2.05, 4.69) is 9.97 Å². The van der Waals surface area contributed by atoms with E-state index in [9.17, 15) is 4.79 Å². The van der Waals surface area contributed by atoms with E-state index in [1.54, 1.807) is 37.4 Å². The molecule has 0 amide bonds. The lowest BCUT2D eigenvalue weighted by Gasteiger charge is -2.08. The summed E-state index contributed by atoms with van der Waals surface area (Å²) in [6.07, 6.45) is 3.05. The molecule has 2 rings (SSSR count). The number of rotatable bonds is 3. The van der Waals surface area contributed by atoms with Gasteiger partial charge in [0.25, 0.3) is 0 Å². The second-order valence-electron chi connectivity index (χ2n) is 3.50. The lowest BCUT2D eigenvalue weighted by Crippen LogP contribution is -2.07. The van der Waals surface area contributed by atoms with Crippen molar-refractivity contribution < 1.29 is 9.53 Å². The molecule has 2 aromatic rings. The Hall–Kier alpha value is -1.94. The van der Waals surface area contributed by atoms with Crippen LogP contribution in [0.3, 0.4) is 0 Å². The Morgan fingerprint density at radius 3 is 2.89 bits per heavy atom. The average molecular weight is 263 g/mol. The smallest absolute Gasteiger partial charge is 0.338 e. The fourth-order valence-corrected chi connectivity index (χ4v) is 1.74. The first-order valence-corrected chi connectivity index (χ1v) is 5.83. The molecule has 0 atom stereocenters. The third kappa shape index (κ3) is 2.65. The van der Waals surface area contributed by atoms with Crippen LogP contribution in [0.25, 0.3) is 11.3 Å². The van der Waals surface area contributed by atoms with Crippen LogP contribution in [0.4, 0.5) is 0 Å². The second kappa shape index (κ2) is 5.60. The van der Waals surface area contributed by atoms with Crippen LogP contribution in [0.1, 0.15) is 17.3 Å². The Labute approximate surface area is 110 Å². The Bertz CT molecular complexity index is 558. The van der Waals surface area contributed by atoms with Gasteiger partial charge in [-0.2, -0.15) is 0 Å². The Kier molecular flexibility index (Phi) is 3.89. The van der Waals surface area contributed by atoms with Gasteiger partial charge in [-0.3, -0.25) is 0 Å². The van der Waals surface area contributed by atoms with Crippen LogP contribution < -0.4 is 0 Å². The van der Waals surface area contributed by atoms with Gasteiger partial charge < -0.3 is 4.74 Å². The molecule has 0 saturated heterocycles. The molecule has 5 heteroatoms. The summed E-state index contributed by atoms with van der Waals surface area (Å²) in [5.41, 5.74) is 1.74. The zero-order chi connectivity index (χ0) is 13.0. The fourth-order valence-electron chi connectivity index (χ4n) is 1.57. The van der Waals surface area contributed by atoms with Crippen molar-refractivity contribution in [2.75, 3.05) is 6.61 Å². The quantitative estimate of drug-likeness (QED) is 0.798. The van der Waals surface area contributed by atoms with E-state index in [4.69, 9.17) is 16.3 Å². The number of hydrogen-bond acceptors (Lipinski definition) is 4. The Morgan fingerprint density at radius 2 is 2.22 bits per heavy atom. The predicted octanol–water partition coefficient (Wildman–Crippen LogP) is 2.97. The first-order chi connectivity index (χ1) is 8.72. The largest absolute Gasteiger partial charge is 0.462 e. The minimum absolute atomic E-state index is 0.314. The van der Waals surface area contributed by atoms with Crippen LogP contribution in [0.15, 0.2) is 36.8 Å². The molecule has 0 aliphatic carbocycles. The minimum Gasteiger partial charge on any atom is -0.462 e. The van der Waals surface area contributed by atoms with Crippen molar-refractivity contribution in [1.82, 2.24) is 9.97 Å². The zero-order valence-corrected chi connectivity index (χ0v) is 10.5. The topological polar surface area (TPSA) is 52.1 Å². The highest BCUT2D eigenvalue weighted by Gasteiger charge is 2.15. The third-order valence-electron chi connectivity index (χ3n) is 2.33. The van der Waals surface area contributed by atoms with E-state index in [0.717, 1.165) is 0 Å². The van der Waals surface area contributed by atoms with E-state index in [0.29, 0.717) is 28.5 Å². The summed E-state index contributed by atoms with van der Waals surface area (Å²) in [5, 5.41) is 0.482. The second-order valence-corrected chi connectivity index (χ2v) is 3.94. The molecule has 0 bridgehead atoms. The van der Waals surface area contributed by atoms with Crippen molar-refractivity contribution in [3.63, 3.8) is 0 Å². The molecule has 1 heterocycles. The van der Waals surface area contributed by atoms with Crippen molar-refractivity contribution in [3.8, 4) is 11.3 Å². The lowest BCUT2D eigenvalue weighted by atomic mass is 10.0. The van der Waals surface area contributed by atoms with Gasteiger partial charge in [0.2, 0.25) is 0 Å². The molecule has 0 fully saturated rings. The zero-order valence-electron chi connectivity index (χ0n) is 9.76. The Morgan fingerprint density at radius 1 is 1.39 bits per heavy atom. The summed E-state index contributed by atoms with van der Waals surface area (Å²) >= 11 is 5.91. The monoisotopic (exact) mass is 262 g/mol. The van der Waals surface area contributed by atoms with Gasteiger partial charge in [-0.15, -0.1) is 0 Å². The van der Waals surface area contributed by atoms with Gasteiger partial charge >= 0.3 is 5.97 Å². The molecule has 92 valence electrons. The summed E-state index contributed by atoms with van der Waals surface area (Å²) < 4.78 is 5.00. The van der Waals surface area contributed by atoms with Crippen LogP contribution in [-0.2, 0) is 4.74 Å². The van der Waals surface area contributed by atoms with Gasteiger partial charge in [-0.05, 0) is 25.1 Å². The number of halogens is 1. The van der Waals surface area contributed by atoms with Crippen LogP contribution in [0, 0.1) is 0 Å². The highest BCUT2D eigenvalue weighted by molar-refractivity contribution is 6.31. The van der Waals surface area contributed by atoms with Crippen LogP contribution in [0.2, 0.25) is 5.02 Å². The summed E-state index contributed by atoms with van der Waals surface area (Å²) in [4.78, 5) is 19.8. The molecule has 18 heavy (non-hydrogen) atoms. The maximum atomic E-state index is 11.9. The highest BCUT2D eigenvalue weighted by Crippen LogP contribution is 2.25. The summed E-state index contributed by atoms with van der Waals surface area (Å²) in [5.74, 6) is -0.409. The molecule has 0 saturated carbocycles. The van der Waals surface area contributed by atoms with Gasteiger partial charge in [0.1, 0.15) is 6.33 Å². The van der Waals surface area contributed by atoms with Gasteiger partial charge in [0.05, 0.1) is 17.9 Å². The van der Waals surface area contributed by atoms with Crippen molar-refractivity contribution >= 4 is 17.6 Å². The first-order valence-electron chi connectivity index (χ1n) is 5.45. The summed E-state index contributed by atoms with van der Waals surface area (Å²) in [6, 6.07) is 6.77. The molecule has 0 aliphatic rings. The van der Waals surface area contributed by atoms with E-state index < -0.39 is 5.97 Å². The summed E-state index contributed by atoms with van der Waals surface area (Å²) in [7, 11) is 0. The minimum atomic E-state index is -0.409. The highest BCUT2D eigenvalue weighted by atomic mass is 35.5. The molecule has 1 aromatic heterocycles. The van der Waals surface area contributed by atoms with Crippen molar-refractivity contribution in [2.24, 2.45) is 0 Å². The SMILES string of the molecule is CCOC(=O)c1cc(Cl)ccc1-c1ccncn1. The first kappa shape index (κ1) is 12.5. The maximum Gasteiger partial charge on any atom is 0.338 e. The molecular weight excluding hydrogens is 252 g/mol. The number of ether oxygens (including phenoxy) is 1. The molecule has 1 aromatic carbocycles. The number of hydrogen-bond donors (Lipinski definition) is 0. The molecule has 0 spiro atoms. The number of benzene rings is 1. The normalized spacial score (nSPS) is 10.1. The predicted molar refractivity (Wildman–Crippen MR) is 68.4 cm³/mol.